The average molecular weight is 379 g/mol. The molecule has 7 heteroatoms. The van der Waals surface area contributed by atoms with E-state index in [9.17, 15) is 13.2 Å². The number of carbonyl (C=O) groups is 1. The van der Waals surface area contributed by atoms with Crippen LogP contribution in [0, 0.1) is 0 Å². The molecule has 25 heavy (non-hydrogen) atoms. The highest BCUT2D eigenvalue weighted by atomic mass is 35.5. The Hall–Kier alpha value is -2.05. The Morgan fingerprint density at radius 2 is 1.96 bits per heavy atom. The van der Waals surface area contributed by atoms with Crippen LogP contribution in [0.2, 0.25) is 5.02 Å². The zero-order valence-corrected chi connectivity index (χ0v) is 15.2. The molecule has 0 bridgehead atoms. The predicted octanol–water partition coefficient (Wildman–Crippen LogP) is 3.45. The van der Waals surface area contributed by atoms with Crippen molar-refractivity contribution in [2.75, 3.05) is 21.9 Å². The summed E-state index contributed by atoms with van der Waals surface area (Å²) in [6.07, 6.45) is 1.54. The second-order valence-corrected chi connectivity index (χ2v) is 8.42. The van der Waals surface area contributed by atoms with Crippen LogP contribution in [0.15, 0.2) is 48.5 Å². The first-order chi connectivity index (χ1) is 11.9. The molecule has 3 rings (SSSR count). The van der Waals surface area contributed by atoms with Gasteiger partial charge in [-0.1, -0.05) is 29.8 Å². The number of amides is 1. The molecule has 1 fully saturated rings. The summed E-state index contributed by atoms with van der Waals surface area (Å²) in [7, 11) is -3.23. The van der Waals surface area contributed by atoms with Gasteiger partial charge in [0, 0.05) is 23.7 Å². The third-order valence-electron chi connectivity index (χ3n) is 4.05. The highest BCUT2D eigenvalue weighted by molar-refractivity contribution is 7.93. The third-order valence-corrected chi connectivity index (χ3v) is 6.15. The number of sulfonamides is 1. The van der Waals surface area contributed by atoms with E-state index < -0.39 is 10.0 Å². The smallest absolute Gasteiger partial charge is 0.235 e. The summed E-state index contributed by atoms with van der Waals surface area (Å²) in [5.41, 5.74) is 2.18. The number of rotatable bonds is 5. The molecule has 1 heterocycles. The highest BCUT2D eigenvalue weighted by Crippen LogP contribution is 2.26. The van der Waals surface area contributed by atoms with Crippen LogP contribution in [0.1, 0.15) is 18.4 Å². The van der Waals surface area contributed by atoms with Gasteiger partial charge in [0.1, 0.15) is 0 Å². The molecule has 1 amide bonds. The van der Waals surface area contributed by atoms with Crippen LogP contribution in [-0.2, 0) is 21.2 Å². The molecular weight excluding hydrogens is 360 g/mol. The van der Waals surface area contributed by atoms with Gasteiger partial charge in [0.25, 0.3) is 0 Å². The van der Waals surface area contributed by atoms with E-state index in [1.807, 2.05) is 18.2 Å². The molecule has 5 nitrogen and oxygen atoms in total. The average Bonchev–Trinajstić information content (AvgIpc) is 2.93. The Kier molecular flexibility index (Phi) is 5.30. The van der Waals surface area contributed by atoms with Crippen molar-refractivity contribution in [1.82, 2.24) is 0 Å². The summed E-state index contributed by atoms with van der Waals surface area (Å²) in [5.74, 6) is 0.0462. The van der Waals surface area contributed by atoms with Crippen LogP contribution in [0.3, 0.4) is 0 Å². The number of nitrogens with zero attached hydrogens (tertiary/aromatic N) is 1. The first-order valence-electron chi connectivity index (χ1n) is 8.09. The second-order valence-electron chi connectivity index (χ2n) is 5.97. The standard InChI is InChI=1S/C18H19ClN2O3S/c19-15-5-1-4-14(12-15)8-9-18(22)20-16-6-2-7-17(13-16)21-10-3-11-25(21,23)24/h1-2,4-7,12-13H,3,8-11H2,(H,20,22). The lowest BCUT2D eigenvalue weighted by Crippen LogP contribution is -2.25. The van der Waals surface area contributed by atoms with Gasteiger partial charge in [-0.25, -0.2) is 8.42 Å². The van der Waals surface area contributed by atoms with E-state index in [1.54, 1.807) is 30.3 Å². The van der Waals surface area contributed by atoms with Crippen molar-refractivity contribution in [3.05, 3.63) is 59.1 Å². The summed E-state index contributed by atoms with van der Waals surface area (Å²) in [6, 6.07) is 14.4. The highest BCUT2D eigenvalue weighted by Gasteiger charge is 2.28. The molecule has 132 valence electrons. The first kappa shape index (κ1) is 17.8. The maximum atomic E-state index is 12.2. The van der Waals surface area contributed by atoms with E-state index in [2.05, 4.69) is 5.32 Å². The van der Waals surface area contributed by atoms with Crippen molar-refractivity contribution in [2.45, 2.75) is 19.3 Å². The quantitative estimate of drug-likeness (QED) is 0.866. The minimum Gasteiger partial charge on any atom is -0.326 e. The third kappa shape index (κ3) is 4.52. The number of halogens is 1. The van der Waals surface area contributed by atoms with Gasteiger partial charge < -0.3 is 5.32 Å². The molecule has 0 radical (unpaired) electrons. The summed E-state index contributed by atoms with van der Waals surface area (Å²) in [6.45, 7) is 0.481. The van der Waals surface area contributed by atoms with Gasteiger partial charge in [-0.3, -0.25) is 9.10 Å². The van der Waals surface area contributed by atoms with Gasteiger partial charge >= 0.3 is 0 Å². The molecule has 0 atom stereocenters. The SMILES string of the molecule is O=C(CCc1cccc(Cl)c1)Nc1cccc(N2CCCS2(=O)=O)c1. The molecule has 1 aliphatic heterocycles. The Bertz CT molecular complexity index is 883. The molecule has 0 spiro atoms. The number of hydrogen-bond donors (Lipinski definition) is 1. The van der Waals surface area contributed by atoms with Gasteiger partial charge in [0.15, 0.2) is 0 Å². The molecule has 1 N–H and O–H groups in total. The zero-order valence-electron chi connectivity index (χ0n) is 13.6. The zero-order chi connectivity index (χ0) is 17.9. The molecule has 0 aliphatic carbocycles. The number of aryl methyl sites for hydroxylation is 1. The maximum absolute atomic E-state index is 12.2. The van der Waals surface area contributed by atoms with Gasteiger partial charge in [-0.05, 0) is 48.7 Å². The van der Waals surface area contributed by atoms with Gasteiger partial charge in [-0.15, -0.1) is 0 Å². The molecular formula is C18H19ClN2O3S. The van der Waals surface area contributed by atoms with E-state index >= 15 is 0 Å². The Balaban J connectivity index is 1.63. The van der Waals surface area contributed by atoms with Crippen molar-refractivity contribution in [3.8, 4) is 0 Å². The van der Waals surface area contributed by atoms with E-state index in [-0.39, 0.29) is 11.7 Å². The van der Waals surface area contributed by atoms with Crippen LogP contribution in [0.5, 0.6) is 0 Å². The summed E-state index contributed by atoms with van der Waals surface area (Å²) in [4.78, 5) is 12.2. The van der Waals surface area contributed by atoms with Crippen molar-refractivity contribution in [2.24, 2.45) is 0 Å². The topological polar surface area (TPSA) is 66.5 Å². The largest absolute Gasteiger partial charge is 0.326 e. The van der Waals surface area contributed by atoms with E-state index in [4.69, 9.17) is 11.6 Å². The van der Waals surface area contributed by atoms with E-state index in [0.29, 0.717) is 42.2 Å². The molecule has 0 unspecified atom stereocenters. The molecule has 2 aromatic rings. The number of benzene rings is 2. The lowest BCUT2D eigenvalue weighted by Gasteiger charge is -2.17. The fourth-order valence-electron chi connectivity index (χ4n) is 2.84. The van der Waals surface area contributed by atoms with E-state index in [0.717, 1.165) is 5.56 Å². The van der Waals surface area contributed by atoms with Crippen LogP contribution in [-0.4, -0.2) is 26.6 Å². The monoisotopic (exact) mass is 378 g/mol. The maximum Gasteiger partial charge on any atom is 0.235 e. The summed E-state index contributed by atoms with van der Waals surface area (Å²) < 4.78 is 25.4. The van der Waals surface area contributed by atoms with Crippen LogP contribution >= 0.6 is 11.6 Å². The predicted molar refractivity (Wildman–Crippen MR) is 101 cm³/mol. The van der Waals surface area contributed by atoms with Gasteiger partial charge in [0.05, 0.1) is 11.4 Å². The summed E-state index contributed by atoms with van der Waals surface area (Å²) in [5, 5.41) is 3.47. The van der Waals surface area contributed by atoms with Gasteiger partial charge in [-0.2, -0.15) is 0 Å². The lowest BCUT2D eigenvalue weighted by molar-refractivity contribution is -0.116. The lowest BCUT2D eigenvalue weighted by atomic mass is 10.1. The fourth-order valence-corrected chi connectivity index (χ4v) is 4.61. The number of nitrogens with one attached hydrogen (secondary N) is 1. The van der Waals surface area contributed by atoms with Crippen LogP contribution < -0.4 is 9.62 Å². The minimum atomic E-state index is -3.23. The van der Waals surface area contributed by atoms with Crippen molar-refractivity contribution in [3.63, 3.8) is 0 Å². The van der Waals surface area contributed by atoms with Crippen LogP contribution in [0.4, 0.5) is 11.4 Å². The molecule has 1 aliphatic rings. The summed E-state index contributed by atoms with van der Waals surface area (Å²) >= 11 is 5.94. The number of anilines is 2. The Labute approximate surface area is 152 Å². The molecule has 1 saturated heterocycles. The van der Waals surface area contributed by atoms with Crippen LogP contribution in [0.25, 0.3) is 0 Å². The second kappa shape index (κ2) is 7.45. The normalized spacial score (nSPS) is 16.0. The van der Waals surface area contributed by atoms with Crippen molar-refractivity contribution >= 4 is 38.9 Å². The molecule has 0 saturated carbocycles. The van der Waals surface area contributed by atoms with Crippen molar-refractivity contribution in [1.29, 1.82) is 0 Å². The fraction of sp³-hybridized carbons (Fsp3) is 0.278. The minimum absolute atomic E-state index is 0.124. The number of hydrogen-bond acceptors (Lipinski definition) is 3. The Morgan fingerprint density at radius 1 is 1.16 bits per heavy atom. The molecule has 2 aromatic carbocycles. The van der Waals surface area contributed by atoms with E-state index in [1.165, 1.54) is 4.31 Å². The first-order valence-corrected chi connectivity index (χ1v) is 10.1. The molecule has 0 aromatic heterocycles. The Morgan fingerprint density at radius 3 is 2.68 bits per heavy atom. The van der Waals surface area contributed by atoms with Gasteiger partial charge in [0.2, 0.25) is 15.9 Å². The van der Waals surface area contributed by atoms with Crippen molar-refractivity contribution < 1.29 is 13.2 Å². The number of carbonyl (C=O) groups excluding carboxylic acids is 1.